The lowest BCUT2D eigenvalue weighted by Gasteiger charge is -2.20. The summed E-state index contributed by atoms with van der Waals surface area (Å²) in [6.07, 6.45) is 0.0402. The van der Waals surface area contributed by atoms with E-state index in [4.69, 9.17) is 4.74 Å². The van der Waals surface area contributed by atoms with Gasteiger partial charge < -0.3 is 9.64 Å². The van der Waals surface area contributed by atoms with E-state index in [9.17, 15) is 4.79 Å². The van der Waals surface area contributed by atoms with E-state index in [0.717, 1.165) is 5.56 Å². The highest BCUT2D eigenvalue weighted by Crippen LogP contribution is 2.21. The molecule has 0 unspecified atom stereocenters. The summed E-state index contributed by atoms with van der Waals surface area (Å²) >= 11 is 0. The Morgan fingerprint density at radius 2 is 1.67 bits per heavy atom. The Labute approximate surface area is 126 Å². The van der Waals surface area contributed by atoms with Crippen LogP contribution in [0, 0.1) is 0 Å². The molecule has 3 heteroatoms. The van der Waals surface area contributed by atoms with Gasteiger partial charge in [-0.05, 0) is 31.5 Å². The molecule has 0 aliphatic heterocycles. The third-order valence-corrected chi connectivity index (χ3v) is 3.09. The molecule has 0 aliphatic carbocycles. The maximum Gasteiger partial charge on any atom is 0.257 e. The number of hydrogen-bond donors (Lipinski definition) is 0. The molecule has 0 aromatic heterocycles. The zero-order chi connectivity index (χ0) is 15.2. The van der Waals surface area contributed by atoms with Crippen molar-refractivity contribution < 1.29 is 9.53 Å². The number of amides is 1. The third kappa shape index (κ3) is 4.09. The average Bonchev–Trinajstić information content (AvgIpc) is 2.47. The molecular weight excluding hydrogens is 262 g/mol. The van der Waals surface area contributed by atoms with Crippen LogP contribution in [0.5, 0.6) is 5.75 Å². The minimum Gasteiger partial charge on any atom is -0.490 e. The first-order chi connectivity index (χ1) is 10.1. The molecule has 2 rings (SSSR count). The highest BCUT2D eigenvalue weighted by atomic mass is 16.5. The van der Waals surface area contributed by atoms with E-state index in [1.54, 1.807) is 4.90 Å². The zero-order valence-corrected chi connectivity index (χ0v) is 12.7. The molecule has 0 radical (unpaired) electrons. The first-order valence-corrected chi connectivity index (χ1v) is 7.13. The fourth-order valence-electron chi connectivity index (χ4n) is 2.13. The highest BCUT2D eigenvalue weighted by Gasteiger charge is 2.17. The number of carbonyl (C=O) groups excluding carboxylic acids is 1. The molecule has 0 aliphatic rings. The second-order valence-electron chi connectivity index (χ2n) is 5.31. The summed E-state index contributed by atoms with van der Waals surface area (Å²) in [6.45, 7) is 4.49. The van der Waals surface area contributed by atoms with E-state index < -0.39 is 0 Å². The van der Waals surface area contributed by atoms with Gasteiger partial charge in [-0.25, -0.2) is 0 Å². The maximum atomic E-state index is 12.6. The lowest BCUT2D eigenvalue weighted by molar-refractivity contribution is 0.0779. The van der Waals surface area contributed by atoms with Crippen molar-refractivity contribution in [1.82, 2.24) is 4.90 Å². The van der Waals surface area contributed by atoms with Crippen molar-refractivity contribution in [2.24, 2.45) is 0 Å². The van der Waals surface area contributed by atoms with Crippen LogP contribution in [0.25, 0.3) is 0 Å². The fourth-order valence-corrected chi connectivity index (χ4v) is 2.13. The molecule has 0 fully saturated rings. The zero-order valence-electron chi connectivity index (χ0n) is 12.7. The SMILES string of the molecule is CC(C)Oc1ccccc1C(=O)N(C)Cc1ccccc1. The van der Waals surface area contributed by atoms with Gasteiger partial charge in [0.25, 0.3) is 5.91 Å². The molecule has 0 saturated carbocycles. The van der Waals surface area contributed by atoms with E-state index >= 15 is 0 Å². The van der Waals surface area contributed by atoms with Gasteiger partial charge in [-0.15, -0.1) is 0 Å². The first kappa shape index (κ1) is 15.1. The van der Waals surface area contributed by atoms with E-state index in [1.165, 1.54) is 0 Å². The van der Waals surface area contributed by atoms with E-state index in [-0.39, 0.29) is 12.0 Å². The molecule has 110 valence electrons. The minimum absolute atomic E-state index is 0.0323. The topological polar surface area (TPSA) is 29.5 Å². The van der Waals surface area contributed by atoms with Gasteiger partial charge in [0.2, 0.25) is 0 Å². The molecular formula is C18H21NO2. The second kappa shape index (κ2) is 6.93. The van der Waals surface area contributed by atoms with Gasteiger partial charge in [0.05, 0.1) is 11.7 Å². The Kier molecular flexibility index (Phi) is 4.99. The standard InChI is InChI=1S/C18H21NO2/c1-14(2)21-17-12-8-7-11-16(17)18(20)19(3)13-15-9-5-4-6-10-15/h4-12,14H,13H2,1-3H3. The summed E-state index contributed by atoms with van der Waals surface area (Å²) in [5.74, 6) is 0.604. The van der Waals surface area contributed by atoms with Crippen LogP contribution in [0.4, 0.5) is 0 Å². The van der Waals surface area contributed by atoms with Gasteiger partial charge in [-0.3, -0.25) is 4.79 Å². The Morgan fingerprint density at radius 1 is 1.05 bits per heavy atom. The number of rotatable bonds is 5. The van der Waals surface area contributed by atoms with Crippen molar-refractivity contribution in [1.29, 1.82) is 0 Å². The number of carbonyl (C=O) groups is 1. The fraction of sp³-hybridized carbons (Fsp3) is 0.278. The number of benzene rings is 2. The normalized spacial score (nSPS) is 10.5. The number of ether oxygens (including phenoxy) is 1. The molecule has 0 atom stereocenters. The number of para-hydroxylation sites is 1. The van der Waals surface area contributed by atoms with Crippen molar-refractivity contribution in [3.8, 4) is 5.75 Å². The van der Waals surface area contributed by atoms with Gasteiger partial charge in [0.1, 0.15) is 5.75 Å². The molecule has 1 amide bonds. The van der Waals surface area contributed by atoms with E-state index in [0.29, 0.717) is 17.9 Å². The van der Waals surface area contributed by atoms with Crippen LogP contribution in [-0.4, -0.2) is 24.0 Å². The lowest BCUT2D eigenvalue weighted by Crippen LogP contribution is -2.27. The second-order valence-corrected chi connectivity index (χ2v) is 5.31. The Balaban J connectivity index is 2.16. The van der Waals surface area contributed by atoms with Crippen LogP contribution in [0.3, 0.4) is 0 Å². The number of nitrogens with zero attached hydrogens (tertiary/aromatic N) is 1. The van der Waals surface area contributed by atoms with Gasteiger partial charge in [0.15, 0.2) is 0 Å². The van der Waals surface area contributed by atoms with Crippen molar-refractivity contribution in [3.63, 3.8) is 0 Å². The smallest absolute Gasteiger partial charge is 0.257 e. The molecule has 21 heavy (non-hydrogen) atoms. The Bertz CT molecular complexity index is 593. The lowest BCUT2D eigenvalue weighted by atomic mass is 10.1. The predicted octanol–water partition coefficient (Wildman–Crippen LogP) is 3.75. The van der Waals surface area contributed by atoms with Crippen LogP contribution in [-0.2, 0) is 6.54 Å². The summed E-state index contributed by atoms with van der Waals surface area (Å²) in [6, 6.07) is 17.3. The molecule has 0 bridgehead atoms. The molecule has 2 aromatic rings. The molecule has 3 nitrogen and oxygen atoms in total. The van der Waals surface area contributed by atoms with Crippen LogP contribution < -0.4 is 4.74 Å². The van der Waals surface area contributed by atoms with Crippen molar-refractivity contribution in [2.45, 2.75) is 26.5 Å². The largest absolute Gasteiger partial charge is 0.490 e. The summed E-state index contributed by atoms with van der Waals surface area (Å²) in [7, 11) is 1.81. The highest BCUT2D eigenvalue weighted by molar-refractivity contribution is 5.96. The van der Waals surface area contributed by atoms with Crippen LogP contribution in [0.2, 0.25) is 0 Å². The number of hydrogen-bond acceptors (Lipinski definition) is 2. The van der Waals surface area contributed by atoms with E-state index in [2.05, 4.69) is 0 Å². The summed E-state index contributed by atoms with van der Waals surface area (Å²) in [5, 5.41) is 0. The maximum absolute atomic E-state index is 12.6. The van der Waals surface area contributed by atoms with Crippen LogP contribution in [0.1, 0.15) is 29.8 Å². The molecule has 2 aromatic carbocycles. The minimum atomic E-state index is -0.0323. The summed E-state index contributed by atoms with van der Waals surface area (Å²) in [5.41, 5.74) is 1.71. The van der Waals surface area contributed by atoms with Crippen molar-refractivity contribution in [3.05, 3.63) is 65.7 Å². The van der Waals surface area contributed by atoms with Crippen molar-refractivity contribution >= 4 is 5.91 Å². The van der Waals surface area contributed by atoms with Gasteiger partial charge in [-0.1, -0.05) is 42.5 Å². The third-order valence-electron chi connectivity index (χ3n) is 3.09. The first-order valence-electron chi connectivity index (χ1n) is 7.13. The molecule has 0 spiro atoms. The predicted molar refractivity (Wildman–Crippen MR) is 84.4 cm³/mol. The van der Waals surface area contributed by atoms with Gasteiger partial charge in [-0.2, -0.15) is 0 Å². The van der Waals surface area contributed by atoms with Gasteiger partial charge >= 0.3 is 0 Å². The summed E-state index contributed by atoms with van der Waals surface area (Å²) < 4.78 is 5.72. The Hall–Kier alpha value is -2.29. The Morgan fingerprint density at radius 3 is 2.33 bits per heavy atom. The average molecular weight is 283 g/mol. The quantitative estimate of drug-likeness (QED) is 0.836. The molecule has 0 N–H and O–H groups in total. The van der Waals surface area contributed by atoms with Crippen LogP contribution in [0.15, 0.2) is 54.6 Å². The van der Waals surface area contributed by atoms with Gasteiger partial charge in [0, 0.05) is 13.6 Å². The van der Waals surface area contributed by atoms with Crippen LogP contribution >= 0.6 is 0 Å². The summed E-state index contributed by atoms with van der Waals surface area (Å²) in [4.78, 5) is 14.3. The van der Waals surface area contributed by atoms with E-state index in [1.807, 2.05) is 75.5 Å². The monoisotopic (exact) mass is 283 g/mol. The molecule has 0 heterocycles. The molecule has 0 saturated heterocycles. The van der Waals surface area contributed by atoms with Crippen molar-refractivity contribution in [2.75, 3.05) is 7.05 Å².